The number of unbranched alkanes of at least 4 members (excludes halogenated alkanes) is 15. The molecule has 0 unspecified atom stereocenters. The van der Waals surface area contributed by atoms with Crippen molar-refractivity contribution in [1.82, 2.24) is 15.1 Å². The first-order valence-electron chi connectivity index (χ1n) is 35.8. The van der Waals surface area contributed by atoms with Crippen molar-refractivity contribution in [3.05, 3.63) is 130 Å². The van der Waals surface area contributed by atoms with Gasteiger partial charge in [0.05, 0.1) is 19.6 Å². The van der Waals surface area contributed by atoms with Crippen LogP contribution in [-0.2, 0) is 67.5 Å². The van der Waals surface area contributed by atoms with E-state index < -0.39 is 52.1 Å². The van der Waals surface area contributed by atoms with Gasteiger partial charge in [-0.05, 0) is 137 Å². The van der Waals surface area contributed by atoms with Gasteiger partial charge in [0.15, 0.2) is 16.2 Å². The Morgan fingerprint density at radius 2 is 0.796 bits per heavy atom. The molecule has 5 rings (SSSR count). The summed E-state index contributed by atoms with van der Waals surface area (Å²) in [6.45, 7) is 17.8. The minimum atomic E-state index is -1.92. The topological polar surface area (TPSA) is 242 Å². The summed E-state index contributed by atoms with van der Waals surface area (Å²) in [7, 11) is 0. The van der Waals surface area contributed by atoms with E-state index >= 15 is 0 Å². The molecule has 0 radical (unpaired) electrons. The van der Waals surface area contributed by atoms with Crippen LogP contribution in [0.3, 0.4) is 0 Å². The zero-order valence-corrected chi connectivity index (χ0v) is 60.1. The lowest BCUT2D eigenvalue weighted by atomic mass is 9.87. The van der Waals surface area contributed by atoms with Crippen molar-refractivity contribution in [2.75, 3.05) is 26.2 Å². The van der Waals surface area contributed by atoms with E-state index in [4.69, 9.17) is 20.4 Å². The van der Waals surface area contributed by atoms with Crippen LogP contribution >= 0.6 is 0 Å². The molecule has 0 aliphatic heterocycles. The first-order valence-corrected chi connectivity index (χ1v) is 35.8. The third-order valence-corrected chi connectivity index (χ3v) is 18.3. The van der Waals surface area contributed by atoms with E-state index in [1.807, 2.05) is 18.2 Å². The minimum Gasteiger partial charge on any atom is -0.480 e. The molecule has 7 N–H and O–H groups in total. The van der Waals surface area contributed by atoms with Crippen LogP contribution in [0.2, 0.25) is 0 Å². The molecule has 1 aliphatic carbocycles. The highest BCUT2D eigenvalue weighted by atomic mass is 19.1. The molecule has 98 heavy (non-hydrogen) atoms. The van der Waals surface area contributed by atoms with Crippen molar-refractivity contribution in [3.8, 4) is 46.6 Å². The van der Waals surface area contributed by atoms with Crippen molar-refractivity contribution in [3.63, 3.8) is 0 Å². The number of carbonyl (C=O) groups is 6. The Hall–Kier alpha value is -7.81. The van der Waals surface area contributed by atoms with Gasteiger partial charge in [0, 0.05) is 56.5 Å². The quantitative estimate of drug-likeness (QED) is 0.0124. The van der Waals surface area contributed by atoms with Gasteiger partial charge in [-0.25, -0.2) is 4.39 Å². The number of nitrogens with one attached hydrogen (secondary N) is 1. The Kier molecular flexibility index (Phi) is 40.0. The van der Waals surface area contributed by atoms with Gasteiger partial charge < -0.3 is 36.0 Å². The Morgan fingerprint density at radius 1 is 0.449 bits per heavy atom. The average molecular weight is 1350 g/mol. The van der Waals surface area contributed by atoms with Gasteiger partial charge in [-0.1, -0.05) is 220 Å². The predicted octanol–water partition coefficient (Wildman–Crippen LogP) is 16.6. The number of benzene rings is 4. The van der Waals surface area contributed by atoms with Gasteiger partial charge in [-0.15, -0.1) is 17.8 Å². The molecular formula is C82H114FN3O12. The maximum Gasteiger partial charge on any atom is 0.321 e. The predicted molar refractivity (Wildman–Crippen MR) is 389 cm³/mol. The molecule has 536 valence electrons. The normalized spacial score (nSPS) is 12.0. The van der Waals surface area contributed by atoms with E-state index in [1.165, 1.54) is 157 Å². The number of aryl methyl sites for hydroxylation is 3. The zero-order valence-electron chi connectivity index (χ0n) is 60.1. The van der Waals surface area contributed by atoms with Gasteiger partial charge in [0.25, 0.3) is 0 Å². The van der Waals surface area contributed by atoms with E-state index in [-0.39, 0.29) is 31.1 Å². The first-order chi connectivity index (χ1) is 46.8. The number of rotatable bonds is 43. The fourth-order valence-corrected chi connectivity index (χ4v) is 10.6. The van der Waals surface area contributed by atoms with Crippen LogP contribution in [0.4, 0.5) is 4.39 Å². The molecule has 4 aromatic carbocycles. The summed E-state index contributed by atoms with van der Waals surface area (Å²) in [4.78, 5) is 71.7. The van der Waals surface area contributed by atoms with Crippen molar-refractivity contribution in [1.29, 1.82) is 0 Å². The van der Waals surface area contributed by atoms with Crippen molar-refractivity contribution < 1.29 is 63.8 Å². The van der Waals surface area contributed by atoms with Gasteiger partial charge in [-0.3, -0.25) is 38.6 Å². The van der Waals surface area contributed by atoms with E-state index in [9.17, 15) is 43.4 Å². The molecule has 0 aromatic heterocycles. The molecule has 1 saturated carbocycles. The lowest BCUT2D eigenvalue weighted by Gasteiger charge is -2.24. The molecule has 0 spiro atoms. The molecule has 0 saturated heterocycles. The summed E-state index contributed by atoms with van der Waals surface area (Å²) in [5, 5.41) is 57.9. The van der Waals surface area contributed by atoms with Gasteiger partial charge in [0.1, 0.15) is 5.82 Å². The standard InChI is InChI=1S/C28H34FNO4.C27H39NO4.C27H41NO4/c1-3-4-5-6-9-21-10-13-23(14-11-21)24-15-12-22(20-25(24)29)16-19-30-18-8-7-17-28(2,26(31)32)27(33)34;1-3-4-5-6-7-8-9-12-22-13-15-23(16-14-22)21-28(24-17-18-24)20-11-10-19-27(2,25(29)30)26(31)32;1-5-6-7-8-9-10-11-14-23-15-17-24(18-16-23)21-28(22(2)3)20-13-12-19-27(4,25(29)30)26(31)32/h10-15,20,30H,3-6,9,16-19H2,1-2H3,(H,31,32)(H,33,34);13-16,24H,3-9,12,17-21H2,1-2H3,(H,29,30)(H,31,32);15-18,22H,5-11,14,19-21H2,1-4H3,(H,29,30)(H,31,32). The van der Waals surface area contributed by atoms with Crippen LogP contribution < -0.4 is 5.32 Å². The number of nitrogens with zero attached hydrogens (tertiary/aromatic N) is 2. The Bertz CT molecular complexity index is 3080. The summed E-state index contributed by atoms with van der Waals surface area (Å²) in [6.07, 6.45) is 29.0. The molecular weight excluding hydrogens is 1240 g/mol. The van der Waals surface area contributed by atoms with Crippen LogP contribution in [0.1, 0.15) is 236 Å². The molecule has 0 bridgehead atoms. The van der Waals surface area contributed by atoms with Crippen LogP contribution in [0.15, 0.2) is 91.0 Å². The van der Waals surface area contributed by atoms with Gasteiger partial charge in [0.2, 0.25) is 0 Å². The Balaban J connectivity index is 0.000000383. The van der Waals surface area contributed by atoms with Crippen LogP contribution in [-0.4, -0.2) is 115 Å². The molecule has 0 atom stereocenters. The van der Waals surface area contributed by atoms with Crippen LogP contribution in [0.5, 0.6) is 0 Å². The second-order valence-electron chi connectivity index (χ2n) is 27.2. The summed E-state index contributed by atoms with van der Waals surface area (Å²) in [6, 6.07) is 31.8. The van der Waals surface area contributed by atoms with E-state index in [2.05, 4.69) is 146 Å². The molecule has 15 nitrogen and oxygen atoms in total. The zero-order chi connectivity index (χ0) is 72.4. The Morgan fingerprint density at radius 3 is 1.18 bits per heavy atom. The second kappa shape index (κ2) is 46.5. The third kappa shape index (κ3) is 31.8. The molecule has 0 amide bonds. The van der Waals surface area contributed by atoms with E-state index in [0.717, 1.165) is 63.2 Å². The number of halogens is 1. The maximum atomic E-state index is 14.7. The highest BCUT2D eigenvalue weighted by Crippen LogP contribution is 2.30. The fourth-order valence-electron chi connectivity index (χ4n) is 10.6. The summed E-state index contributed by atoms with van der Waals surface area (Å²) in [5.41, 5.74) is 3.17. The van der Waals surface area contributed by atoms with E-state index in [1.54, 1.807) is 12.1 Å². The molecule has 0 heterocycles. The second-order valence-corrected chi connectivity index (χ2v) is 27.2. The molecule has 4 aromatic rings. The monoisotopic (exact) mass is 1350 g/mol. The largest absolute Gasteiger partial charge is 0.480 e. The molecule has 16 heteroatoms. The third-order valence-electron chi connectivity index (χ3n) is 18.3. The van der Waals surface area contributed by atoms with Gasteiger partial charge in [-0.2, -0.15) is 0 Å². The highest BCUT2D eigenvalue weighted by Gasteiger charge is 2.42. The number of hydrogen-bond donors (Lipinski definition) is 7. The Labute approximate surface area is 585 Å². The fraction of sp³-hybridized carbons (Fsp3) is 0.561. The number of carboxylic acids is 6. The van der Waals surface area contributed by atoms with Crippen molar-refractivity contribution in [2.45, 2.75) is 254 Å². The molecule has 1 aliphatic rings. The maximum absolute atomic E-state index is 14.7. The number of carboxylic acid groups (broad SMARTS) is 6. The van der Waals surface area contributed by atoms with Gasteiger partial charge >= 0.3 is 35.8 Å². The van der Waals surface area contributed by atoms with Crippen molar-refractivity contribution >= 4 is 35.8 Å². The highest BCUT2D eigenvalue weighted by molar-refractivity contribution is 5.99. The van der Waals surface area contributed by atoms with Crippen molar-refractivity contribution in [2.24, 2.45) is 16.2 Å². The number of aliphatic carboxylic acids is 6. The van der Waals surface area contributed by atoms with E-state index in [0.29, 0.717) is 44.2 Å². The number of hydrogen-bond acceptors (Lipinski definition) is 9. The van der Waals surface area contributed by atoms with Crippen LogP contribution in [0.25, 0.3) is 11.1 Å². The lowest BCUT2D eigenvalue weighted by Crippen LogP contribution is -2.36. The summed E-state index contributed by atoms with van der Waals surface area (Å²) < 4.78 is 14.7. The first kappa shape index (κ1) is 84.4. The lowest BCUT2D eigenvalue weighted by molar-refractivity contribution is -0.164. The average Bonchev–Trinajstić information content (AvgIpc) is 1.00. The smallest absolute Gasteiger partial charge is 0.321 e. The minimum absolute atomic E-state index is 0.191. The summed E-state index contributed by atoms with van der Waals surface area (Å²) >= 11 is 0. The SMILES string of the molecule is CCCCCCCCCc1ccc(CN(CC#CCC(C)(C(=O)O)C(=O)O)C(C)C)cc1.CCCCCCCCCc1ccc(CN(CC#CCC(C)(C(=O)O)C(=O)O)C2CC2)cc1.CCCCCCc1ccc(-c2ccc(CCNCC#CCC(C)(C(=O)O)C(=O)O)cc2F)cc1. The van der Waals surface area contributed by atoms with Crippen LogP contribution in [0, 0.1) is 57.6 Å². The summed E-state index contributed by atoms with van der Waals surface area (Å²) in [5.74, 6) is 8.36. The molecule has 1 fully saturated rings.